The molecule has 0 fully saturated rings. The summed E-state index contributed by atoms with van der Waals surface area (Å²) in [5, 5.41) is 11.8. The van der Waals surface area contributed by atoms with Crippen molar-refractivity contribution >= 4 is 13.6 Å². The first-order valence-electron chi connectivity index (χ1n) is 5.14. The molecular formula is C8H16N3O5P. The van der Waals surface area contributed by atoms with E-state index in [-0.39, 0.29) is 25.8 Å². The topological polar surface area (TPSA) is 122 Å². The molecule has 0 aliphatic rings. The van der Waals surface area contributed by atoms with Gasteiger partial charge in [-0.3, -0.25) is 9.36 Å². The average Bonchev–Trinajstić information content (AvgIpc) is 2.24. The van der Waals surface area contributed by atoms with E-state index in [2.05, 4.69) is 10.0 Å². The molecule has 0 rings (SSSR count). The van der Waals surface area contributed by atoms with Crippen molar-refractivity contribution < 1.29 is 23.5 Å². The van der Waals surface area contributed by atoms with Gasteiger partial charge in [0.15, 0.2) is 0 Å². The van der Waals surface area contributed by atoms with Gasteiger partial charge in [-0.05, 0) is 25.8 Å². The van der Waals surface area contributed by atoms with Crippen LogP contribution in [0.2, 0.25) is 0 Å². The summed E-state index contributed by atoms with van der Waals surface area (Å²) in [5.74, 6) is -1.26. The van der Waals surface area contributed by atoms with E-state index >= 15 is 0 Å². The minimum Gasteiger partial charge on any atom is -0.481 e. The zero-order valence-corrected chi connectivity index (χ0v) is 10.7. The second kappa shape index (κ2) is 8.08. The van der Waals surface area contributed by atoms with E-state index in [1.165, 1.54) is 0 Å². The molecule has 0 spiro atoms. The van der Waals surface area contributed by atoms with E-state index in [1.807, 2.05) is 0 Å². The smallest absolute Gasteiger partial charge is 0.330 e. The fourth-order valence-electron chi connectivity index (χ4n) is 1.13. The van der Waals surface area contributed by atoms with Crippen LogP contribution in [0.1, 0.15) is 20.3 Å². The summed E-state index contributed by atoms with van der Waals surface area (Å²) in [6, 6.07) is -1.26. The van der Waals surface area contributed by atoms with Gasteiger partial charge in [0.25, 0.3) is 0 Å². The lowest BCUT2D eigenvalue weighted by atomic mass is 10.2. The van der Waals surface area contributed by atoms with Gasteiger partial charge in [0.2, 0.25) is 0 Å². The Hall–Kier alpha value is -1.07. The summed E-state index contributed by atoms with van der Waals surface area (Å²) in [7, 11) is -3.28. The first-order chi connectivity index (χ1) is 7.99. The van der Waals surface area contributed by atoms with Gasteiger partial charge in [0, 0.05) is 4.91 Å². The van der Waals surface area contributed by atoms with Crippen LogP contribution in [-0.4, -0.2) is 36.5 Å². The van der Waals surface area contributed by atoms with E-state index in [4.69, 9.17) is 19.7 Å². The second-order valence-electron chi connectivity index (χ2n) is 3.02. The summed E-state index contributed by atoms with van der Waals surface area (Å²) in [5.41, 5.74) is 8.19. The normalized spacial score (nSPS) is 12.8. The third kappa shape index (κ3) is 6.28. The van der Waals surface area contributed by atoms with Crippen LogP contribution >= 0.6 is 7.60 Å². The van der Waals surface area contributed by atoms with E-state index in [1.54, 1.807) is 13.8 Å². The van der Waals surface area contributed by atoms with Crippen LogP contribution in [0.15, 0.2) is 5.11 Å². The number of nitrogens with zero attached hydrogens (tertiary/aromatic N) is 3. The highest BCUT2D eigenvalue weighted by Gasteiger charge is 2.27. The molecule has 0 heterocycles. The Balaban J connectivity index is 4.51. The monoisotopic (exact) mass is 265 g/mol. The molecule has 98 valence electrons. The zero-order chi connectivity index (χ0) is 13.3. The number of hydrogen-bond donors (Lipinski definition) is 1. The van der Waals surface area contributed by atoms with Gasteiger partial charge < -0.3 is 14.2 Å². The molecule has 0 saturated carbocycles. The van der Waals surface area contributed by atoms with Crippen LogP contribution < -0.4 is 0 Å². The standard InChI is InChI=1S/C8H16N3O5P/c1-3-15-17(14,16-4-2)6-5-7(8(12)13)10-11-9/h7H,3-6H2,1-2H3,(H,12,13)/t7-/m1/s1. The van der Waals surface area contributed by atoms with E-state index < -0.39 is 19.6 Å². The fraction of sp³-hybridized carbons (Fsp3) is 0.875. The fourth-order valence-corrected chi connectivity index (χ4v) is 2.81. The first kappa shape index (κ1) is 15.9. The SMILES string of the molecule is CCOP(=O)(CC[C@@H](N=[N+]=[N-])C(=O)O)OCC. The van der Waals surface area contributed by atoms with Crippen LogP contribution in [0, 0.1) is 0 Å². The highest BCUT2D eigenvalue weighted by atomic mass is 31.2. The summed E-state index contributed by atoms with van der Waals surface area (Å²) in [6.45, 7) is 3.73. The van der Waals surface area contributed by atoms with Gasteiger partial charge in [-0.1, -0.05) is 5.11 Å². The number of aliphatic carboxylic acids is 1. The molecule has 0 aromatic carbocycles. The lowest BCUT2D eigenvalue weighted by molar-refractivity contribution is -0.138. The molecule has 0 aromatic heterocycles. The molecule has 1 N–H and O–H groups in total. The Bertz CT molecular complexity index is 330. The van der Waals surface area contributed by atoms with E-state index in [0.717, 1.165) is 0 Å². The van der Waals surface area contributed by atoms with Crippen molar-refractivity contribution in [3.8, 4) is 0 Å². The van der Waals surface area contributed by atoms with Crippen molar-refractivity contribution in [1.29, 1.82) is 0 Å². The van der Waals surface area contributed by atoms with Crippen LogP contribution in [0.25, 0.3) is 10.4 Å². The van der Waals surface area contributed by atoms with Gasteiger partial charge in [-0.25, -0.2) is 0 Å². The molecule has 0 unspecified atom stereocenters. The zero-order valence-electron chi connectivity index (χ0n) is 9.77. The number of hydrogen-bond acceptors (Lipinski definition) is 5. The summed E-state index contributed by atoms with van der Waals surface area (Å²) < 4.78 is 21.9. The maximum atomic E-state index is 12.0. The minimum atomic E-state index is -3.28. The van der Waals surface area contributed by atoms with Crippen LogP contribution in [0.4, 0.5) is 0 Å². The molecule has 8 nitrogen and oxygen atoms in total. The van der Waals surface area contributed by atoms with Crippen molar-refractivity contribution in [3.05, 3.63) is 10.4 Å². The molecule has 0 saturated heterocycles. The van der Waals surface area contributed by atoms with Crippen molar-refractivity contribution in [2.45, 2.75) is 26.3 Å². The maximum Gasteiger partial charge on any atom is 0.330 e. The van der Waals surface area contributed by atoms with Crippen LogP contribution in [0.5, 0.6) is 0 Å². The Morgan fingerprint density at radius 3 is 2.35 bits per heavy atom. The van der Waals surface area contributed by atoms with Crippen molar-refractivity contribution in [2.75, 3.05) is 19.4 Å². The first-order valence-corrected chi connectivity index (χ1v) is 6.87. The van der Waals surface area contributed by atoms with Gasteiger partial charge in [-0.15, -0.1) is 0 Å². The molecular weight excluding hydrogens is 249 g/mol. The molecule has 0 aromatic rings. The van der Waals surface area contributed by atoms with Crippen molar-refractivity contribution in [2.24, 2.45) is 5.11 Å². The number of carboxylic acids is 1. The predicted molar refractivity (Wildman–Crippen MR) is 60.9 cm³/mol. The quantitative estimate of drug-likeness (QED) is 0.297. The van der Waals surface area contributed by atoms with Gasteiger partial charge in [-0.2, -0.15) is 0 Å². The second-order valence-corrected chi connectivity index (χ2v) is 5.20. The largest absolute Gasteiger partial charge is 0.481 e. The molecule has 0 aliphatic heterocycles. The number of carbonyl (C=O) groups is 1. The molecule has 0 radical (unpaired) electrons. The van der Waals surface area contributed by atoms with E-state index in [9.17, 15) is 9.36 Å². The molecule has 1 atom stereocenters. The summed E-state index contributed by atoms with van der Waals surface area (Å²) in [6.07, 6.45) is -0.179. The third-order valence-corrected chi connectivity index (χ3v) is 3.91. The Kier molecular flexibility index (Phi) is 7.58. The molecule has 0 aliphatic carbocycles. The Morgan fingerprint density at radius 2 is 2.00 bits per heavy atom. The number of carboxylic acid groups (broad SMARTS) is 1. The minimum absolute atomic E-state index is 0.0866. The highest BCUT2D eigenvalue weighted by molar-refractivity contribution is 7.53. The molecule has 0 bridgehead atoms. The average molecular weight is 265 g/mol. The lowest BCUT2D eigenvalue weighted by Gasteiger charge is -2.17. The highest BCUT2D eigenvalue weighted by Crippen LogP contribution is 2.48. The van der Waals surface area contributed by atoms with Gasteiger partial charge in [0.1, 0.15) is 6.04 Å². The van der Waals surface area contributed by atoms with E-state index in [0.29, 0.717) is 0 Å². The van der Waals surface area contributed by atoms with Crippen molar-refractivity contribution in [3.63, 3.8) is 0 Å². The third-order valence-electron chi connectivity index (χ3n) is 1.80. The lowest BCUT2D eigenvalue weighted by Crippen LogP contribution is -2.19. The van der Waals surface area contributed by atoms with Crippen LogP contribution in [-0.2, 0) is 18.4 Å². The molecule has 9 heteroatoms. The summed E-state index contributed by atoms with van der Waals surface area (Å²) >= 11 is 0. The Morgan fingerprint density at radius 1 is 1.47 bits per heavy atom. The summed E-state index contributed by atoms with van der Waals surface area (Å²) in [4.78, 5) is 13.1. The van der Waals surface area contributed by atoms with Gasteiger partial charge in [0.05, 0.1) is 19.4 Å². The molecule has 0 amide bonds. The number of azide groups is 1. The Labute approximate surface area is 99.1 Å². The maximum absolute atomic E-state index is 12.0. The molecule has 17 heavy (non-hydrogen) atoms. The number of rotatable bonds is 9. The van der Waals surface area contributed by atoms with Crippen LogP contribution in [0.3, 0.4) is 0 Å². The van der Waals surface area contributed by atoms with Gasteiger partial charge >= 0.3 is 13.6 Å². The predicted octanol–water partition coefficient (Wildman–Crippen LogP) is 2.41. The van der Waals surface area contributed by atoms with Crippen molar-refractivity contribution in [1.82, 2.24) is 0 Å².